The van der Waals surface area contributed by atoms with Gasteiger partial charge in [-0.25, -0.2) is 4.79 Å². The second-order valence-corrected chi connectivity index (χ2v) is 4.82. The van der Waals surface area contributed by atoms with Gasteiger partial charge in [-0.2, -0.15) is 0 Å². The maximum Gasteiger partial charge on any atom is 0.319 e. The third-order valence-corrected chi connectivity index (χ3v) is 3.03. The number of amides is 2. The number of hydrogen-bond donors (Lipinski definition) is 3. The molecule has 0 saturated heterocycles. The zero-order valence-corrected chi connectivity index (χ0v) is 11.7. The summed E-state index contributed by atoms with van der Waals surface area (Å²) in [5.41, 5.74) is 8.08. The number of carbonyl (C=O) groups is 1. The van der Waals surface area contributed by atoms with Crippen molar-refractivity contribution >= 4 is 29.0 Å². The quantitative estimate of drug-likeness (QED) is 0.756. The van der Waals surface area contributed by atoms with Crippen LogP contribution < -0.4 is 16.4 Å². The van der Waals surface area contributed by atoms with Crippen LogP contribution in [0.1, 0.15) is 5.56 Å². The molecule has 0 aliphatic carbocycles. The Hall–Kier alpha value is -2.20. The molecule has 2 aromatic rings. The minimum Gasteiger partial charge on any atom is -0.399 e. The molecule has 2 aromatic carbocycles. The minimum atomic E-state index is -0.233. The molecule has 104 valence electrons. The monoisotopic (exact) mass is 289 g/mol. The zero-order chi connectivity index (χ0) is 14.4. The van der Waals surface area contributed by atoms with Crippen LogP contribution >= 0.6 is 11.6 Å². The van der Waals surface area contributed by atoms with E-state index in [0.717, 1.165) is 12.0 Å². The third-order valence-electron chi connectivity index (χ3n) is 2.78. The molecule has 2 amide bonds. The summed E-state index contributed by atoms with van der Waals surface area (Å²) in [6.45, 7) is 0.558. The van der Waals surface area contributed by atoms with Crippen molar-refractivity contribution in [2.24, 2.45) is 0 Å². The summed E-state index contributed by atoms with van der Waals surface area (Å²) in [4.78, 5) is 11.7. The van der Waals surface area contributed by atoms with Gasteiger partial charge in [-0.3, -0.25) is 0 Å². The number of halogens is 1. The van der Waals surface area contributed by atoms with Crippen molar-refractivity contribution in [2.75, 3.05) is 17.6 Å². The summed E-state index contributed by atoms with van der Waals surface area (Å²) in [6.07, 6.45) is 0.756. The van der Waals surface area contributed by atoms with Gasteiger partial charge < -0.3 is 16.4 Å². The highest BCUT2D eigenvalue weighted by Crippen LogP contribution is 2.11. The van der Waals surface area contributed by atoms with Crippen molar-refractivity contribution in [3.05, 3.63) is 59.1 Å². The maximum absolute atomic E-state index is 11.7. The van der Waals surface area contributed by atoms with Gasteiger partial charge in [-0.1, -0.05) is 23.7 Å². The summed E-state index contributed by atoms with van der Waals surface area (Å²) in [5, 5.41) is 6.24. The van der Waals surface area contributed by atoms with Gasteiger partial charge in [0.15, 0.2) is 0 Å². The molecule has 0 atom stereocenters. The molecule has 0 unspecified atom stereocenters. The summed E-state index contributed by atoms with van der Waals surface area (Å²) in [7, 11) is 0. The van der Waals surface area contributed by atoms with Crippen molar-refractivity contribution < 1.29 is 4.79 Å². The largest absolute Gasteiger partial charge is 0.399 e. The summed E-state index contributed by atoms with van der Waals surface area (Å²) in [6, 6.07) is 14.3. The van der Waals surface area contributed by atoms with Crippen molar-refractivity contribution in [3.8, 4) is 0 Å². The first-order valence-corrected chi connectivity index (χ1v) is 6.66. The van der Waals surface area contributed by atoms with Gasteiger partial charge in [-0.15, -0.1) is 0 Å². The summed E-state index contributed by atoms with van der Waals surface area (Å²) < 4.78 is 0. The lowest BCUT2D eigenvalue weighted by Gasteiger charge is -2.08. The second kappa shape index (κ2) is 6.82. The van der Waals surface area contributed by atoms with Crippen molar-refractivity contribution in [3.63, 3.8) is 0 Å². The highest BCUT2D eigenvalue weighted by molar-refractivity contribution is 6.30. The van der Waals surface area contributed by atoms with Crippen LogP contribution in [0.25, 0.3) is 0 Å². The molecular weight excluding hydrogens is 274 g/mol. The molecule has 0 heterocycles. The molecule has 0 fully saturated rings. The molecule has 4 nitrogen and oxygen atoms in total. The van der Waals surface area contributed by atoms with E-state index in [4.69, 9.17) is 17.3 Å². The van der Waals surface area contributed by atoms with Crippen LogP contribution in [-0.2, 0) is 6.42 Å². The first kappa shape index (κ1) is 14.2. The molecule has 0 aliphatic heterocycles. The number of nitrogen functional groups attached to an aromatic ring is 1. The molecule has 0 saturated carbocycles. The smallest absolute Gasteiger partial charge is 0.319 e. The molecule has 5 heteroatoms. The second-order valence-electron chi connectivity index (χ2n) is 4.38. The van der Waals surface area contributed by atoms with Crippen molar-refractivity contribution in [1.82, 2.24) is 5.32 Å². The van der Waals surface area contributed by atoms with Crippen LogP contribution in [0.15, 0.2) is 48.5 Å². The number of rotatable bonds is 4. The summed E-state index contributed by atoms with van der Waals surface area (Å²) in [5.74, 6) is 0. The fourth-order valence-electron chi connectivity index (χ4n) is 1.71. The number of benzene rings is 2. The van der Waals surface area contributed by atoms with Gasteiger partial charge in [0.25, 0.3) is 0 Å². The predicted octanol–water partition coefficient (Wildman–Crippen LogP) is 3.29. The number of urea groups is 1. The highest BCUT2D eigenvalue weighted by Gasteiger charge is 2.01. The van der Waals surface area contributed by atoms with E-state index in [1.807, 2.05) is 24.3 Å². The number of nitrogens with two attached hydrogens (primary N) is 1. The molecule has 0 spiro atoms. The molecule has 20 heavy (non-hydrogen) atoms. The fourth-order valence-corrected chi connectivity index (χ4v) is 1.84. The van der Waals surface area contributed by atoms with Crippen LogP contribution in [0.5, 0.6) is 0 Å². The molecule has 0 aliphatic rings. The molecule has 2 rings (SSSR count). The van der Waals surface area contributed by atoms with Gasteiger partial charge in [-0.05, 0) is 48.4 Å². The number of hydrogen-bond acceptors (Lipinski definition) is 2. The van der Waals surface area contributed by atoms with E-state index in [0.29, 0.717) is 22.9 Å². The van der Waals surface area contributed by atoms with Gasteiger partial charge in [0.1, 0.15) is 0 Å². The van der Waals surface area contributed by atoms with Crippen LogP contribution in [0.2, 0.25) is 5.02 Å². The Morgan fingerprint density at radius 1 is 1.05 bits per heavy atom. The van der Waals surface area contributed by atoms with Crippen molar-refractivity contribution in [2.45, 2.75) is 6.42 Å². The molecule has 0 bridgehead atoms. The molecular formula is C15H16ClN3O. The van der Waals surface area contributed by atoms with Crippen molar-refractivity contribution in [1.29, 1.82) is 0 Å². The van der Waals surface area contributed by atoms with Gasteiger partial charge >= 0.3 is 6.03 Å². The average Bonchev–Trinajstić information content (AvgIpc) is 2.44. The molecule has 0 radical (unpaired) electrons. The Morgan fingerprint density at radius 3 is 2.35 bits per heavy atom. The molecule has 0 aromatic heterocycles. The van der Waals surface area contributed by atoms with Crippen LogP contribution in [0, 0.1) is 0 Å². The van der Waals surface area contributed by atoms with Gasteiger partial charge in [0, 0.05) is 22.9 Å². The normalized spacial score (nSPS) is 10.1. The van der Waals surface area contributed by atoms with E-state index < -0.39 is 0 Å². The minimum absolute atomic E-state index is 0.233. The standard InChI is InChI=1S/C15H16ClN3O/c16-12-3-1-11(2-4-12)9-10-18-15(20)19-14-7-5-13(17)6-8-14/h1-8H,9-10,17H2,(H2,18,19,20). The summed E-state index contributed by atoms with van der Waals surface area (Å²) >= 11 is 5.81. The topological polar surface area (TPSA) is 67.1 Å². The fraction of sp³-hybridized carbons (Fsp3) is 0.133. The van der Waals surface area contributed by atoms with Crippen LogP contribution in [0.4, 0.5) is 16.2 Å². The Labute approximate surface area is 122 Å². The van der Waals surface area contributed by atoms with Gasteiger partial charge in [0.05, 0.1) is 0 Å². The number of carbonyl (C=O) groups excluding carboxylic acids is 1. The Balaban J connectivity index is 1.75. The number of nitrogens with one attached hydrogen (secondary N) is 2. The lowest BCUT2D eigenvalue weighted by Crippen LogP contribution is -2.30. The van der Waals surface area contributed by atoms with Crippen LogP contribution in [0.3, 0.4) is 0 Å². The first-order chi connectivity index (χ1) is 9.63. The lowest BCUT2D eigenvalue weighted by atomic mass is 10.1. The van der Waals surface area contributed by atoms with E-state index in [1.165, 1.54) is 0 Å². The van der Waals surface area contributed by atoms with E-state index in [1.54, 1.807) is 24.3 Å². The van der Waals surface area contributed by atoms with E-state index in [-0.39, 0.29) is 6.03 Å². The molecule has 4 N–H and O–H groups in total. The van der Waals surface area contributed by atoms with Gasteiger partial charge in [0.2, 0.25) is 0 Å². The lowest BCUT2D eigenvalue weighted by molar-refractivity contribution is 0.252. The Kier molecular flexibility index (Phi) is 4.85. The van der Waals surface area contributed by atoms with E-state index in [2.05, 4.69) is 10.6 Å². The third kappa shape index (κ3) is 4.48. The van der Waals surface area contributed by atoms with E-state index >= 15 is 0 Å². The maximum atomic E-state index is 11.7. The van der Waals surface area contributed by atoms with Crippen LogP contribution in [-0.4, -0.2) is 12.6 Å². The SMILES string of the molecule is Nc1ccc(NC(=O)NCCc2ccc(Cl)cc2)cc1. The average molecular weight is 290 g/mol. The highest BCUT2D eigenvalue weighted by atomic mass is 35.5. The zero-order valence-electron chi connectivity index (χ0n) is 10.9. The van der Waals surface area contributed by atoms with E-state index in [9.17, 15) is 4.79 Å². The predicted molar refractivity (Wildman–Crippen MR) is 83.0 cm³/mol. The Morgan fingerprint density at radius 2 is 1.70 bits per heavy atom. The first-order valence-electron chi connectivity index (χ1n) is 6.28. The number of anilines is 2. The Bertz CT molecular complexity index is 567.